The predicted octanol–water partition coefficient (Wildman–Crippen LogP) is 3.92. The predicted molar refractivity (Wildman–Crippen MR) is 74.0 cm³/mol. The number of rotatable bonds is 4. The molecule has 1 nitrogen and oxygen atoms in total. The minimum Gasteiger partial charge on any atom is -0.316 e. The van der Waals surface area contributed by atoms with Crippen LogP contribution in [0.1, 0.15) is 38.7 Å². The highest BCUT2D eigenvalue weighted by Gasteiger charge is 2.39. The summed E-state index contributed by atoms with van der Waals surface area (Å²) >= 11 is 0. The molecular weight excluding hydrogens is 244 g/mol. The lowest BCUT2D eigenvalue weighted by atomic mass is 9.76. The summed E-state index contributed by atoms with van der Waals surface area (Å²) in [5.41, 5.74) is 0.458. The van der Waals surface area contributed by atoms with Crippen LogP contribution in [0.15, 0.2) is 18.2 Å². The van der Waals surface area contributed by atoms with Crippen molar-refractivity contribution in [3.05, 3.63) is 35.4 Å². The van der Waals surface area contributed by atoms with Gasteiger partial charge in [-0.3, -0.25) is 0 Å². The van der Waals surface area contributed by atoms with E-state index in [2.05, 4.69) is 19.2 Å². The summed E-state index contributed by atoms with van der Waals surface area (Å²) in [4.78, 5) is 0. The second kappa shape index (κ2) is 5.58. The highest BCUT2D eigenvalue weighted by atomic mass is 19.1. The van der Waals surface area contributed by atoms with Gasteiger partial charge in [0.1, 0.15) is 11.6 Å². The van der Waals surface area contributed by atoms with Crippen molar-refractivity contribution in [2.24, 2.45) is 11.3 Å². The van der Waals surface area contributed by atoms with Crippen molar-refractivity contribution >= 4 is 0 Å². The first-order valence-corrected chi connectivity index (χ1v) is 7.06. The first-order valence-electron chi connectivity index (χ1n) is 7.06. The van der Waals surface area contributed by atoms with Crippen molar-refractivity contribution in [3.63, 3.8) is 0 Å². The van der Waals surface area contributed by atoms with Gasteiger partial charge >= 0.3 is 0 Å². The largest absolute Gasteiger partial charge is 0.316 e. The number of benzene rings is 1. The summed E-state index contributed by atoms with van der Waals surface area (Å²) in [6, 6.07) is 4.22. The fourth-order valence-corrected chi connectivity index (χ4v) is 3.49. The third-order valence-electron chi connectivity index (χ3n) is 4.68. The van der Waals surface area contributed by atoms with Crippen LogP contribution in [0.25, 0.3) is 0 Å². The number of likely N-dealkylation sites (N-methyl/N-ethyl adjacent to an activating group) is 1. The molecule has 0 spiro atoms. The Hall–Kier alpha value is -0.960. The number of halogens is 2. The van der Waals surface area contributed by atoms with Crippen molar-refractivity contribution in [2.45, 2.75) is 45.6 Å². The zero-order valence-corrected chi connectivity index (χ0v) is 12.0. The number of hydrogen-bond donors (Lipinski definition) is 1. The van der Waals surface area contributed by atoms with E-state index < -0.39 is 11.6 Å². The fraction of sp³-hybridized carbons (Fsp3) is 0.625. The Morgan fingerprint density at radius 2 is 1.95 bits per heavy atom. The molecular formula is C16H23F2N. The van der Waals surface area contributed by atoms with Crippen molar-refractivity contribution in [2.75, 3.05) is 7.05 Å². The average Bonchev–Trinajstić information content (AvgIpc) is 2.69. The zero-order valence-electron chi connectivity index (χ0n) is 12.0. The molecule has 0 radical (unpaired) electrons. The van der Waals surface area contributed by atoms with Gasteiger partial charge in [-0.15, -0.1) is 0 Å². The van der Waals surface area contributed by atoms with Crippen molar-refractivity contribution in [3.8, 4) is 0 Å². The summed E-state index contributed by atoms with van der Waals surface area (Å²) < 4.78 is 27.5. The van der Waals surface area contributed by atoms with Crippen LogP contribution in [0.2, 0.25) is 0 Å². The molecule has 1 fully saturated rings. The molecule has 1 aliphatic rings. The Morgan fingerprint density at radius 1 is 1.32 bits per heavy atom. The van der Waals surface area contributed by atoms with Gasteiger partial charge in [0.15, 0.2) is 0 Å². The van der Waals surface area contributed by atoms with Gasteiger partial charge in [0.2, 0.25) is 0 Å². The lowest BCUT2D eigenvalue weighted by Crippen LogP contribution is -2.40. The molecule has 0 aliphatic heterocycles. The van der Waals surface area contributed by atoms with Gasteiger partial charge in [0.25, 0.3) is 0 Å². The van der Waals surface area contributed by atoms with Crippen LogP contribution in [-0.2, 0) is 6.42 Å². The molecule has 1 aliphatic carbocycles. The van der Waals surface area contributed by atoms with E-state index in [0.29, 0.717) is 12.3 Å². The first kappa shape index (κ1) is 14.4. The Morgan fingerprint density at radius 3 is 2.42 bits per heavy atom. The van der Waals surface area contributed by atoms with E-state index in [4.69, 9.17) is 0 Å². The van der Waals surface area contributed by atoms with Crippen LogP contribution in [0.3, 0.4) is 0 Å². The third-order valence-corrected chi connectivity index (χ3v) is 4.68. The van der Waals surface area contributed by atoms with Gasteiger partial charge in [-0.2, -0.15) is 0 Å². The molecule has 1 N–H and O–H groups in total. The molecule has 0 saturated heterocycles. The minimum atomic E-state index is -0.434. The molecule has 1 aromatic carbocycles. The van der Waals surface area contributed by atoms with Crippen LogP contribution in [-0.4, -0.2) is 13.1 Å². The maximum atomic E-state index is 13.8. The van der Waals surface area contributed by atoms with E-state index >= 15 is 0 Å². The summed E-state index contributed by atoms with van der Waals surface area (Å²) in [6.07, 6.45) is 3.95. The molecule has 1 saturated carbocycles. The molecule has 3 heteroatoms. The average molecular weight is 267 g/mol. The van der Waals surface area contributed by atoms with Crippen molar-refractivity contribution in [1.82, 2.24) is 5.32 Å². The Bertz CT molecular complexity index is 422. The van der Waals surface area contributed by atoms with E-state index in [9.17, 15) is 8.78 Å². The lowest BCUT2D eigenvalue weighted by Gasteiger charge is -2.34. The summed E-state index contributed by atoms with van der Waals surface area (Å²) in [5.74, 6) is -0.399. The zero-order chi connectivity index (χ0) is 14.0. The maximum absolute atomic E-state index is 13.8. The second-order valence-electron chi connectivity index (χ2n) is 6.29. The monoisotopic (exact) mass is 267 g/mol. The molecule has 2 atom stereocenters. The normalized spacial score (nSPS) is 23.5. The molecule has 0 bridgehead atoms. The molecule has 19 heavy (non-hydrogen) atoms. The standard InChI is InChI=1S/C16H23F2N/c1-16(2)9-5-6-12(16)15(19-3)10-11-13(17)7-4-8-14(11)18/h4,7-8,12,15,19H,5-6,9-10H2,1-3H3. The summed E-state index contributed by atoms with van der Waals surface area (Å²) in [5, 5.41) is 3.27. The molecule has 0 aromatic heterocycles. The van der Waals surface area contributed by atoms with Crippen molar-refractivity contribution in [1.29, 1.82) is 0 Å². The first-order chi connectivity index (χ1) is 8.95. The van der Waals surface area contributed by atoms with Gasteiger partial charge in [0.05, 0.1) is 0 Å². The Balaban J connectivity index is 2.20. The van der Waals surface area contributed by atoms with Crippen LogP contribution >= 0.6 is 0 Å². The van der Waals surface area contributed by atoms with E-state index in [1.807, 2.05) is 7.05 Å². The summed E-state index contributed by atoms with van der Waals surface area (Å²) in [7, 11) is 1.89. The quantitative estimate of drug-likeness (QED) is 0.871. The third kappa shape index (κ3) is 2.97. The van der Waals surface area contributed by atoms with Gasteiger partial charge in [-0.05, 0) is 49.8 Å². The van der Waals surface area contributed by atoms with Gasteiger partial charge in [-0.1, -0.05) is 26.3 Å². The van der Waals surface area contributed by atoms with E-state index in [-0.39, 0.29) is 17.0 Å². The van der Waals surface area contributed by atoms with Crippen LogP contribution < -0.4 is 5.32 Å². The van der Waals surface area contributed by atoms with Crippen LogP contribution in [0.4, 0.5) is 8.78 Å². The highest BCUT2D eigenvalue weighted by molar-refractivity contribution is 5.21. The molecule has 0 heterocycles. The maximum Gasteiger partial charge on any atom is 0.129 e. The SMILES string of the molecule is CNC(Cc1c(F)cccc1F)C1CCCC1(C)C. The molecule has 2 unspecified atom stereocenters. The second-order valence-corrected chi connectivity index (χ2v) is 6.29. The molecule has 0 amide bonds. The molecule has 106 valence electrons. The van der Waals surface area contributed by atoms with E-state index in [0.717, 1.165) is 6.42 Å². The lowest BCUT2D eigenvalue weighted by molar-refractivity contribution is 0.200. The van der Waals surface area contributed by atoms with E-state index in [1.165, 1.54) is 31.0 Å². The summed E-state index contributed by atoms with van der Waals surface area (Å²) in [6.45, 7) is 4.51. The Kier molecular flexibility index (Phi) is 4.24. The van der Waals surface area contributed by atoms with Crippen LogP contribution in [0, 0.1) is 23.0 Å². The smallest absolute Gasteiger partial charge is 0.129 e. The van der Waals surface area contributed by atoms with E-state index in [1.54, 1.807) is 0 Å². The van der Waals surface area contributed by atoms with Gasteiger partial charge < -0.3 is 5.32 Å². The highest BCUT2D eigenvalue weighted by Crippen LogP contribution is 2.45. The molecule has 2 rings (SSSR count). The topological polar surface area (TPSA) is 12.0 Å². The molecule has 1 aromatic rings. The van der Waals surface area contributed by atoms with Gasteiger partial charge in [-0.25, -0.2) is 8.78 Å². The van der Waals surface area contributed by atoms with Crippen molar-refractivity contribution < 1.29 is 8.78 Å². The number of hydrogen-bond acceptors (Lipinski definition) is 1. The number of nitrogens with one attached hydrogen (secondary N) is 1. The Labute approximate surface area is 114 Å². The van der Waals surface area contributed by atoms with Crippen LogP contribution in [0.5, 0.6) is 0 Å². The fourth-order valence-electron chi connectivity index (χ4n) is 3.49. The minimum absolute atomic E-state index is 0.129. The van der Waals surface area contributed by atoms with Gasteiger partial charge in [0, 0.05) is 11.6 Å².